The van der Waals surface area contributed by atoms with E-state index >= 15 is 0 Å². The molecule has 0 saturated heterocycles. The number of unbranched alkanes of at least 4 members (excludes halogenated alkanes) is 2. The van der Waals surface area contributed by atoms with Gasteiger partial charge in [-0.15, -0.1) is 0 Å². The summed E-state index contributed by atoms with van der Waals surface area (Å²) in [7, 11) is 7.53. The molecule has 0 aromatic heterocycles. The molecular weight excluding hydrogens is 759 g/mol. The van der Waals surface area contributed by atoms with Gasteiger partial charge in [0.1, 0.15) is 5.75 Å². The Kier molecular flexibility index (Phi) is 10.9. The van der Waals surface area contributed by atoms with Gasteiger partial charge in [-0.3, -0.25) is 24.3 Å². The number of methoxy groups -OCH3 is 2. The summed E-state index contributed by atoms with van der Waals surface area (Å²) in [6, 6.07) is 27.3. The molecule has 2 unspecified atom stereocenters. The Bertz CT molecular complexity index is 2410. The molecule has 0 fully saturated rings. The van der Waals surface area contributed by atoms with Crippen LogP contribution in [-0.4, -0.2) is 86.2 Å². The number of aromatic hydroxyl groups is 1. The first kappa shape index (κ1) is 39.4. The average molecular weight is 810 g/mol. The number of carbonyl (C=O) groups excluding carboxylic acids is 2. The molecule has 2 amide bonds. The van der Waals surface area contributed by atoms with E-state index < -0.39 is 0 Å². The summed E-state index contributed by atoms with van der Waals surface area (Å²) >= 11 is 0. The summed E-state index contributed by atoms with van der Waals surface area (Å²) in [5, 5.41) is 11.5. The van der Waals surface area contributed by atoms with E-state index in [-0.39, 0.29) is 29.6 Å². The number of carbonyl (C=O) groups is 2. The van der Waals surface area contributed by atoms with Crippen molar-refractivity contribution in [3.63, 3.8) is 0 Å². The Morgan fingerprint density at radius 1 is 0.700 bits per heavy atom. The van der Waals surface area contributed by atoms with Crippen LogP contribution < -0.4 is 23.7 Å². The largest absolute Gasteiger partial charge is 0.504 e. The smallest absolute Gasteiger partial charge is 0.261 e. The Morgan fingerprint density at radius 2 is 1.40 bits per heavy atom. The van der Waals surface area contributed by atoms with Crippen LogP contribution in [0, 0.1) is 0 Å². The van der Waals surface area contributed by atoms with E-state index in [0.29, 0.717) is 77.4 Å². The van der Waals surface area contributed by atoms with Gasteiger partial charge in [0.05, 0.1) is 32.0 Å². The minimum Gasteiger partial charge on any atom is -0.504 e. The molecule has 5 aliphatic heterocycles. The number of phenolic OH excluding ortho intramolecular Hbond substituents is 1. The van der Waals surface area contributed by atoms with Crippen molar-refractivity contribution in [1.82, 2.24) is 14.7 Å². The second-order valence-electron chi connectivity index (χ2n) is 16.3. The predicted molar refractivity (Wildman–Crippen MR) is 227 cm³/mol. The molecule has 5 aromatic carbocycles. The number of rotatable bonds is 9. The highest BCUT2D eigenvalue weighted by Crippen LogP contribution is 2.52. The Balaban J connectivity index is 1.03. The lowest BCUT2D eigenvalue weighted by Crippen LogP contribution is -2.34. The zero-order chi connectivity index (χ0) is 41.5. The highest BCUT2D eigenvalue weighted by molar-refractivity contribution is 6.21. The lowest BCUT2D eigenvalue weighted by atomic mass is 9.87. The van der Waals surface area contributed by atoms with Gasteiger partial charge in [-0.2, -0.15) is 0 Å². The van der Waals surface area contributed by atoms with Crippen LogP contribution in [0.5, 0.6) is 46.0 Å². The summed E-state index contributed by atoms with van der Waals surface area (Å²) < 4.78 is 31.8. The van der Waals surface area contributed by atoms with Gasteiger partial charge in [0, 0.05) is 37.3 Å². The van der Waals surface area contributed by atoms with Gasteiger partial charge < -0.3 is 28.8 Å². The maximum Gasteiger partial charge on any atom is 0.261 e. The zero-order valence-corrected chi connectivity index (χ0v) is 34.7. The molecule has 11 heteroatoms. The van der Waals surface area contributed by atoms with E-state index in [0.717, 1.165) is 78.6 Å². The molecule has 310 valence electrons. The van der Waals surface area contributed by atoms with Crippen LogP contribution in [0.4, 0.5) is 0 Å². The minimum atomic E-state index is -0.222. The van der Waals surface area contributed by atoms with E-state index in [4.69, 9.17) is 23.7 Å². The Labute approximate surface area is 351 Å². The van der Waals surface area contributed by atoms with Gasteiger partial charge in [0.15, 0.2) is 34.5 Å². The summed E-state index contributed by atoms with van der Waals surface area (Å²) in [5.41, 5.74) is 7.50. The Morgan fingerprint density at radius 3 is 2.13 bits per heavy atom. The van der Waals surface area contributed by atoms with E-state index in [9.17, 15) is 14.7 Å². The number of hydrogen-bond acceptors (Lipinski definition) is 10. The first-order valence-electron chi connectivity index (χ1n) is 20.9. The number of phenols is 1. The fraction of sp³-hybridized carbons (Fsp3) is 0.347. The van der Waals surface area contributed by atoms with Crippen LogP contribution in [0.1, 0.15) is 85.4 Å². The van der Waals surface area contributed by atoms with Crippen LogP contribution in [-0.2, 0) is 25.7 Å². The summed E-state index contributed by atoms with van der Waals surface area (Å²) in [5.74, 6) is 3.59. The van der Waals surface area contributed by atoms with Crippen molar-refractivity contribution in [2.75, 3.05) is 54.6 Å². The van der Waals surface area contributed by atoms with Crippen molar-refractivity contribution in [3.05, 3.63) is 129 Å². The maximum atomic E-state index is 12.8. The summed E-state index contributed by atoms with van der Waals surface area (Å²) in [6.45, 7) is 2.52. The molecule has 0 saturated carbocycles. The zero-order valence-electron chi connectivity index (χ0n) is 34.7. The van der Waals surface area contributed by atoms with Gasteiger partial charge in [0.25, 0.3) is 11.8 Å². The average Bonchev–Trinajstić information content (AvgIpc) is 3.50. The molecule has 2 atom stereocenters. The van der Waals surface area contributed by atoms with Gasteiger partial charge >= 0.3 is 0 Å². The van der Waals surface area contributed by atoms with Gasteiger partial charge in [-0.05, 0) is 141 Å². The molecule has 11 nitrogen and oxygen atoms in total. The fourth-order valence-corrected chi connectivity index (χ4v) is 9.25. The lowest BCUT2D eigenvalue weighted by Gasteiger charge is -2.37. The summed E-state index contributed by atoms with van der Waals surface area (Å²) in [6.07, 6.45) is 5.22. The van der Waals surface area contributed by atoms with Crippen LogP contribution in [0.25, 0.3) is 0 Å². The molecule has 0 radical (unpaired) electrons. The van der Waals surface area contributed by atoms with Crippen molar-refractivity contribution in [2.24, 2.45) is 0 Å². The third-order valence-corrected chi connectivity index (χ3v) is 12.6. The van der Waals surface area contributed by atoms with Crippen LogP contribution in [0.15, 0.2) is 84.9 Å². The Hall–Kier alpha value is -6.04. The molecule has 0 spiro atoms. The van der Waals surface area contributed by atoms with E-state index in [1.807, 2.05) is 30.3 Å². The quantitative estimate of drug-likeness (QED) is 0.115. The van der Waals surface area contributed by atoms with Crippen molar-refractivity contribution in [3.8, 4) is 46.0 Å². The number of fused-ring (bicyclic) bond motifs is 3. The normalized spacial score (nSPS) is 18.5. The van der Waals surface area contributed by atoms with E-state index in [1.54, 1.807) is 38.5 Å². The minimum absolute atomic E-state index is 0.0617. The SMILES string of the molecule is COc1cc2c3c(c1OC)Oc1cc4c(cc1O)CCN(C)C4Cc1ccc(cc1)Oc1cc(ccc1OCCCCCN1C(=O)c4ccccc4C1=O)CC3N(C)CC2. The predicted octanol–water partition coefficient (Wildman–Crippen LogP) is 8.70. The number of likely N-dealkylation sites (N-methyl/N-ethyl adjacent to an activating group) is 2. The number of amides is 2. The number of hydrogen-bond donors (Lipinski definition) is 1. The molecule has 1 N–H and O–H groups in total. The molecular formula is C49H51N3O8. The van der Waals surface area contributed by atoms with Crippen molar-refractivity contribution in [1.29, 1.82) is 0 Å². The maximum absolute atomic E-state index is 12.8. The number of benzene rings is 5. The summed E-state index contributed by atoms with van der Waals surface area (Å²) in [4.78, 5) is 31.7. The third-order valence-electron chi connectivity index (χ3n) is 12.6. The number of nitrogens with zero attached hydrogens (tertiary/aromatic N) is 3. The molecule has 0 aliphatic carbocycles. The second kappa shape index (κ2) is 16.5. The molecule has 5 aliphatic rings. The van der Waals surface area contributed by atoms with Gasteiger partial charge in [0.2, 0.25) is 5.75 Å². The molecule has 5 heterocycles. The monoisotopic (exact) mass is 809 g/mol. The molecule has 60 heavy (non-hydrogen) atoms. The number of ether oxygens (including phenoxy) is 5. The molecule has 5 aromatic rings. The molecule has 10 rings (SSSR count). The van der Waals surface area contributed by atoms with E-state index in [2.05, 4.69) is 54.2 Å². The van der Waals surface area contributed by atoms with Crippen molar-refractivity contribution in [2.45, 2.75) is 57.0 Å². The third kappa shape index (κ3) is 7.41. The highest BCUT2D eigenvalue weighted by atomic mass is 16.5. The highest BCUT2D eigenvalue weighted by Gasteiger charge is 2.36. The fourth-order valence-electron chi connectivity index (χ4n) is 9.25. The van der Waals surface area contributed by atoms with Crippen LogP contribution >= 0.6 is 0 Å². The second-order valence-corrected chi connectivity index (χ2v) is 16.3. The topological polar surface area (TPSA) is 110 Å². The van der Waals surface area contributed by atoms with E-state index in [1.165, 1.54) is 4.90 Å². The lowest BCUT2D eigenvalue weighted by molar-refractivity contribution is 0.0651. The van der Waals surface area contributed by atoms with Gasteiger partial charge in [-0.25, -0.2) is 0 Å². The van der Waals surface area contributed by atoms with Gasteiger partial charge in [-0.1, -0.05) is 30.3 Å². The van der Waals surface area contributed by atoms with Crippen molar-refractivity contribution < 1.29 is 38.4 Å². The van der Waals surface area contributed by atoms with Crippen LogP contribution in [0.2, 0.25) is 0 Å². The standard InChI is InChI=1S/C49H51N3O8/c1-50-21-18-32-27-40(53)42-29-37(32)38(50)24-30-12-15-34(16-13-30)59-43-26-31(25-39-45-33(19-22-51(39)2)28-44(56-3)46(57-4)47(45)60-42)14-17-41(43)58-23-9-5-8-20-52-48(54)35-10-6-7-11-36(35)49(52)55/h6-7,10-17,26-29,38-39,53H,5,8-9,18-25H2,1-4H3. The van der Waals surface area contributed by atoms with Crippen molar-refractivity contribution >= 4 is 11.8 Å². The number of imide groups is 1. The van der Waals surface area contributed by atoms with Crippen LogP contribution in [0.3, 0.4) is 0 Å². The first-order chi connectivity index (χ1) is 29.2. The first-order valence-corrected chi connectivity index (χ1v) is 20.9. The molecule has 6 bridgehead atoms.